The van der Waals surface area contributed by atoms with Crippen LogP contribution in [0.25, 0.3) is 0 Å². The van der Waals surface area contributed by atoms with Crippen molar-refractivity contribution in [2.45, 2.75) is 32.7 Å². The first-order valence-electron chi connectivity index (χ1n) is 8.97. The summed E-state index contributed by atoms with van der Waals surface area (Å²) in [4.78, 5) is 40.8. The number of fused-ring (bicyclic) bond motifs is 1. The number of carbonyl (C=O) groups excluding carboxylic acids is 3. The van der Waals surface area contributed by atoms with E-state index in [1.807, 2.05) is 0 Å². The van der Waals surface area contributed by atoms with Crippen LogP contribution in [-0.4, -0.2) is 67.9 Å². The first-order valence-corrected chi connectivity index (χ1v) is 8.97. The lowest BCUT2D eigenvalue weighted by Crippen LogP contribution is -2.32. The van der Waals surface area contributed by atoms with Gasteiger partial charge in [0, 0.05) is 26.6 Å². The second-order valence-electron chi connectivity index (χ2n) is 6.46. The van der Waals surface area contributed by atoms with Crippen LogP contribution in [0.3, 0.4) is 0 Å². The summed E-state index contributed by atoms with van der Waals surface area (Å²) in [5.74, 6) is -0.324. The second-order valence-corrected chi connectivity index (χ2v) is 6.46. The molecule has 0 N–H and O–H groups in total. The Bertz CT molecular complexity index is 827. The molecule has 0 bridgehead atoms. The first-order chi connectivity index (χ1) is 13.0. The van der Waals surface area contributed by atoms with Gasteiger partial charge >= 0.3 is 0 Å². The van der Waals surface area contributed by atoms with Crippen molar-refractivity contribution in [1.82, 2.24) is 30.0 Å². The van der Waals surface area contributed by atoms with Crippen LogP contribution in [0.2, 0.25) is 0 Å². The van der Waals surface area contributed by atoms with Gasteiger partial charge in [0.15, 0.2) is 5.82 Å². The van der Waals surface area contributed by atoms with Gasteiger partial charge < -0.3 is 4.90 Å². The number of nitrogens with zero attached hydrogens (tertiary/aromatic N) is 6. The van der Waals surface area contributed by atoms with Gasteiger partial charge in [-0.2, -0.15) is 4.80 Å². The Balaban J connectivity index is 1.55. The van der Waals surface area contributed by atoms with Crippen molar-refractivity contribution >= 4 is 17.7 Å². The first kappa shape index (κ1) is 18.7. The number of imide groups is 1. The molecule has 0 unspecified atom stereocenters. The predicted octanol–water partition coefficient (Wildman–Crippen LogP) is 0.770. The summed E-state index contributed by atoms with van der Waals surface area (Å²) >= 11 is 0. The van der Waals surface area contributed by atoms with Crippen molar-refractivity contribution < 1.29 is 14.4 Å². The van der Waals surface area contributed by atoms with Crippen LogP contribution in [0.5, 0.6) is 0 Å². The number of hydrogen-bond donors (Lipinski definition) is 0. The molecule has 142 valence electrons. The molecular weight excluding hydrogens is 348 g/mol. The fraction of sp³-hybridized carbons (Fsp3) is 0.444. The summed E-state index contributed by atoms with van der Waals surface area (Å²) in [6, 6.07) is 6.75. The average molecular weight is 370 g/mol. The molecule has 1 aliphatic rings. The summed E-state index contributed by atoms with van der Waals surface area (Å²) in [5, 5.41) is 12.0. The number of carbonyl (C=O) groups is 3. The number of amides is 3. The zero-order valence-electron chi connectivity index (χ0n) is 15.5. The van der Waals surface area contributed by atoms with Gasteiger partial charge in [0.2, 0.25) is 5.91 Å². The van der Waals surface area contributed by atoms with Crippen molar-refractivity contribution in [3.8, 4) is 0 Å². The van der Waals surface area contributed by atoms with E-state index in [0.717, 1.165) is 12.8 Å². The zero-order valence-corrected chi connectivity index (χ0v) is 15.5. The molecule has 0 radical (unpaired) electrons. The lowest BCUT2D eigenvalue weighted by atomic mass is 10.1. The Morgan fingerprint density at radius 2 is 1.81 bits per heavy atom. The maximum Gasteiger partial charge on any atom is 0.261 e. The van der Waals surface area contributed by atoms with E-state index in [9.17, 15) is 14.4 Å². The van der Waals surface area contributed by atoms with Crippen LogP contribution in [0.4, 0.5) is 0 Å². The molecule has 3 amide bonds. The summed E-state index contributed by atoms with van der Waals surface area (Å²) < 4.78 is 0. The molecule has 0 saturated carbocycles. The highest BCUT2D eigenvalue weighted by atomic mass is 16.2. The number of likely N-dealkylation sites (N-methyl/N-ethyl adjacent to an activating group) is 1. The molecule has 3 rings (SSSR count). The van der Waals surface area contributed by atoms with E-state index in [-0.39, 0.29) is 37.2 Å². The minimum atomic E-state index is -0.310. The molecule has 0 saturated heterocycles. The lowest BCUT2D eigenvalue weighted by Gasteiger charge is -2.15. The molecule has 9 nitrogen and oxygen atoms in total. The van der Waals surface area contributed by atoms with Crippen LogP contribution in [0.15, 0.2) is 24.3 Å². The number of rotatable bonds is 8. The maximum absolute atomic E-state index is 12.3. The van der Waals surface area contributed by atoms with Crippen molar-refractivity contribution in [3.63, 3.8) is 0 Å². The number of benzene rings is 1. The molecule has 0 spiro atoms. The molecule has 1 aromatic heterocycles. The number of tetrazole rings is 1. The van der Waals surface area contributed by atoms with E-state index >= 15 is 0 Å². The summed E-state index contributed by atoms with van der Waals surface area (Å²) in [6.07, 6.45) is 2.24. The normalized spacial score (nSPS) is 13.2. The topological polar surface area (TPSA) is 101 Å². The lowest BCUT2D eigenvalue weighted by molar-refractivity contribution is -0.131. The van der Waals surface area contributed by atoms with Gasteiger partial charge in [0.05, 0.1) is 11.1 Å². The zero-order chi connectivity index (χ0) is 19.4. The van der Waals surface area contributed by atoms with Crippen molar-refractivity contribution in [1.29, 1.82) is 0 Å². The minimum Gasteiger partial charge on any atom is -0.344 e. The average Bonchev–Trinajstić information content (AvgIpc) is 3.21. The molecule has 9 heteroatoms. The maximum atomic E-state index is 12.3. The third-order valence-corrected chi connectivity index (χ3v) is 4.48. The fourth-order valence-electron chi connectivity index (χ4n) is 2.86. The van der Waals surface area contributed by atoms with Gasteiger partial charge in [-0.1, -0.05) is 25.5 Å². The summed E-state index contributed by atoms with van der Waals surface area (Å²) in [6.45, 7) is 2.94. The molecule has 0 atom stereocenters. The number of aromatic nitrogens is 4. The van der Waals surface area contributed by atoms with Gasteiger partial charge in [-0.15, -0.1) is 10.2 Å². The van der Waals surface area contributed by atoms with Gasteiger partial charge in [-0.3, -0.25) is 19.3 Å². The Hall–Kier alpha value is -3.10. The molecule has 0 fully saturated rings. The van der Waals surface area contributed by atoms with Crippen molar-refractivity contribution in [3.05, 3.63) is 41.2 Å². The molecular formula is C18H22N6O3. The third kappa shape index (κ3) is 4.02. The van der Waals surface area contributed by atoms with E-state index in [1.165, 1.54) is 9.70 Å². The monoisotopic (exact) mass is 370 g/mol. The van der Waals surface area contributed by atoms with E-state index < -0.39 is 0 Å². The molecule has 2 heterocycles. The number of hydrogen-bond acceptors (Lipinski definition) is 6. The van der Waals surface area contributed by atoms with E-state index in [2.05, 4.69) is 22.3 Å². The summed E-state index contributed by atoms with van der Waals surface area (Å²) in [5.41, 5.74) is 0.833. The van der Waals surface area contributed by atoms with E-state index in [0.29, 0.717) is 23.5 Å². The van der Waals surface area contributed by atoms with Crippen LogP contribution >= 0.6 is 0 Å². The van der Waals surface area contributed by atoms with Gasteiger partial charge in [-0.25, -0.2) is 0 Å². The summed E-state index contributed by atoms with van der Waals surface area (Å²) in [7, 11) is 1.75. The quantitative estimate of drug-likeness (QED) is 0.636. The Kier molecular flexibility index (Phi) is 5.58. The predicted molar refractivity (Wildman–Crippen MR) is 95.9 cm³/mol. The smallest absolute Gasteiger partial charge is 0.261 e. The van der Waals surface area contributed by atoms with Gasteiger partial charge in [0.1, 0.15) is 6.54 Å². The third-order valence-electron chi connectivity index (χ3n) is 4.48. The Morgan fingerprint density at radius 3 is 2.44 bits per heavy atom. The molecule has 27 heavy (non-hydrogen) atoms. The van der Waals surface area contributed by atoms with Crippen LogP contribution in [0.1, 0.15) is 46.3 Å². The van der Waals surface area contributed by atoms with Gasteiger partial charge in [-0.05, 0) is 23.8 Å². The molecule has 1 aliphatic heterocycles. The van der Waals surface area contributed by atoms with Gasteiger partial charge in [0.25, 0.3) is 11.8 Å². The van der Waals surface area contributed by atoms with Crippen LogP contribution in [0, 0.1) is 0 Å². The highest BCUT2D eigenvalue weighted by molar-refractivity contribution is 6.21. The standard InChI is InChI=1S/C18H22N6O3/c1-3-4-10-22(2)16(25)12-24-20-15(19-21-24)9-11-23-17(26)13-7-5-6-8-14(13)18(23)27/h5-8H,3-4,9-12H2,1-2H3. The second kappa shape index (κ2) is 8.07. The van der Waals surface area contributed by atoms with Crippen molar-refractivity contribution in [2.24, 2.45) is 0 Å². The SMILES string of the molecule is CCCCN(C)C(=O)Cn1nnc(CCN2C(=O)c3ccccc3C2=O)n1. The van der Waals surface area contributed by atoms with Crippen LogP contribution in [-0.2, 0) is 17.8 Å². The van der Waals surface area contributed by atoms with E-state index in [4.69, 9.17) is 0 Å². The molecule has 0 aliphatic carbocycles. The Labute approximate surface area is 156 Å². The molecule has 1 aromatic carbocycles. The Morgan fingerprint density at radius 1 is 1.15 bits per heavy atom. The minimum absolute atomic E-state index is 0.0141. The largest absolute Gasteiger partial charge is 0.344 e. The van der Waals surface area contributed by atoms with Crippen LogP contribution < -0.4 is 0 Å². The number of unbranched alkanes of at least 4 members (excludes halogenated alkanes) is 1. The van der Waals surface area contributed by atoms with E-state index in [1.54, 1.807) is 36.2 Å². The van der Waals surface area contributed by atoms with Crippen molar-refractivity contribution in [2.75, 3.05) is 20.1 Å². The highest BCUT2D eigenvalue weighted by Crippen LogP contribution is 2.22. The highest BCUT2D eigenvalue weighted by Gasteiger charge is 2.34. The fourth-order valence-corrected chi connectivity index (χ4v) is 2.86. The molecule has 2 aromatic rings.